The van der Waals surface area contributed by atoms with Crippen molar-refractivity contribution in [2.24, 2.45) is 0 Å². The summed E-state index contributed by atoms with van der Waals surface area (Å²) >= 11 is 0. The SMILES string of the molecule is CC(C(=O)NNc1nc(-c2ccccn2)nc2c1CCC2)N1CCc2ccccc2C1. The number of fused-ring (bicyclic) bond motifs is 2. The van der Waals surface area contributed by atoms with Crippen LogP contribution in [-0.4, -0.2) is 38.3 Å². The van der Waals surface area contributed by atoms with Gasteiger partial charge in [-0.3, -0.25) is 25.5 Å². The summed E-state index contributed by atoms with van der Waals surface area (Å²) in [5.74, 6) is 1.19. The number of nitrogens with zero attached hydrogens (tertiary/aromatic N) is 4. The highest BCUT2D eigenvalue weighted by Gasteiger charge is 2.26. The summed E-state index contributed by atoms with van der Waals surface area (Å²) < 4.78 is 0. The van der Waals surface area contributed by atoms with Gasteiger partial charge in [-0.1, -0.05) is 30.3 Å². The Morgan fingerprint density at radius 2 is 1.87 bits per heavy atom. The Balaban J connectivity index is 1.30. The molecule has 1 aliphatic heterocycles. The van der Waals surface area contributed by atoms with Gasteiger partial charge in [0.25, 0.3) is 5.91 Å². The van der Waals surface area contributed by atoms with E-state index in [4.69, 9.17) is 4.98 Å². The molecule has 3 heterocycles. The van der Waals surface area contributed by atoms with Gasteiger partial charge < -0.3 is 0 Å². The Bertz CT molecular complexity index is 1100. The minimum Gasteiger partial charge on any atom is -0.287 e. The van der Waals surface area contributed by atoms with Gasteiger partial charge in [0.2, 0.25) is 0 Å². The minimum absolute atomic E-state index is 0.0656. The molecule has 158 valence electrons. The van der Waals surface area contributed by atoms with Gasteiger partial charge in [-0.2, -0.15) is 0 Å². The zero-order valence-corrected chi connectivity index (χ0v) is 17.6. The number of nitrogens with one attached hydrogen (secondary N) is 2. The number of anilines is 1. The number of amides is 1. The van der Waals surface area contributed by atoms with E-state index in [2.05, 4.69) is 50.0 Å². The lowest BCUT2D eigenvalue weighted by molar-refractivity contribution is -0.125. The Morgan fingerprint density at radius 1 is 1.03 bits per heavy atom. The number of hydrogen-bond donors (Lipinski definition) is 2. The normalized spacial score (nSPS) is 16.3. The molecule has 1 aliphatic carbocycles. The summed E-state index contributed by atoms with van der Waals surface area (Å²) in [6.07, 6.45) is 5.58. The highest BCUT2D eigenvalue weighted by atomic mass is 16.2. The lowest BCUT2D eigenvalue weighted by atomic mass is 9.99. The summed E-state index contributed by atoms with van der Waals surface area (Å²) in [6, 6.07) is 13.9. The molecule has 0 bridgehead atoms. The van der Waals surface area contributed by atoms with Gasteiger partial charge >= 0.3 is 0 Å². The second kappa shape index (κ2) is 8.43. The number of pyridine rings is 1. The molecule has 5 rings (SSSR count). The van der Waals surface area contributed by atoms with Gasteiger partial charge in [-0.15, -0.1) is 0 Å². The molecule has 0 spiro atoms. The number of benzene rings is 1. The third-order valence-corrected chi connectivity index (χ3v) is 6.22. The Morgan fingerprint density at radius 3 is 2.71 bits per heavy atom. The number of hydrogen-bond acceptors (Lipinski definition) is 6. The van der Waals surface area contributed by atoms with Crippen molar-refractivity contribution in [1.82, 2.24) is 25.3 Å². The van der Waals surface area contributed by atoms with E-state index in [1.54, 1.807) is 6.20 Å². The first-order chi connectivity index (χ1) is 15.2. The smallest absolute Gasteiger partial charge is 0.255 e. The fourth-order valence-electron chi connectivity index (χ4n) is 4.38. The van der Waals surface area contributed by atoms with Crippen LogP contribution in [0.5, 0.6) is 0 Å². The minimum atomic E-state index is -0.244. The predicted octanol–water partition coefficient (Wildman–Crippen LogP) is 2.92. The molecular formula is C24H26N6O. The first-order valence-corrected chi connectivity index (χ1v) is 10.9. The highest BCUT2D eigenvalue weighted by molar-refractivity contribution is 5.82. The van der Waals surface area contributed by atoms with Gasteiger partial charge in [0, 0.05) is 30.5 Å². The molecule has 31 heavy (non-hydrogen) atoms. The first-order valence-electron chi connectivity index (χ1n) is 10.9. The largest absolute Gasteiger partial charge is 0.287 e. The van der Waals surface area contributed by atoms with Crippen LogP contribution in [0.2, 0.25) is 0 Å². The Hall–Kier alpha value is -3.32. The van der Waals surface area contributed by atoms with Gasteiger partial charge in [0.1, 0.15) is 5.69 Å². The number of aromatic nitrogens is 3. The second-order valence-corrected chi connectivity index (χ2v) is 8.17. The van der Waals surface area contributed by atoms with Crippen LogP contribution in [0.15, 0.2) is 48.7 Å². The fourth-order valence-corrected chi connectivity index (χ4v) is 4.38. The first kappa shape index (κ1) is 19.6. The van der Waals surface area contributed by atoms with E-state index in [9.17, 15) is 4.79 Å². The fraction of sp³-hybridized carbons (Fsp3) is 0.333. The van der Waals surface area contributed by atoms with Crippen molar-refractivity contribution in [3.63, 3.8) is 0 Å². The average Bonchev–Trinajstić information content (AvgIpc) is 3.31. The lowest BCUT2D eigenvalue weighted by Crippen LogP contribution is -2.48. The average molecular weight is 415 g/mol. The molecule has 2 aliphatic rings. The maximum atomic E-state index is 12.9. The van der Waals surface area contributed by atoms with E-state index in [0.29, 0.717) is 11.6 Å². The summed E-state index contributed by atoms with van der Waals surface area (Å²) in [6.45, 7) is 3.62. The Kier molecular flexibility index (Phi) is 5.34. The maximum Gasteiger partial charge on any atom is 0.255 e. The molecule has 1 aromatic carbocycles. The molecule has 1 unspecified atom stereocenters. The number of carbonyl (C=O) groups is 1. The van der Waals surface area contributed by atoms with Crippen molar-refractivity contribution in [2.75, 3.05) is 12.0 Å². The van der Waals surface area contributed by atoms with Crippen LogP contribution in [0.4, 0.5) is 5.82 Å². The number of aryl methyl sites for hydroxylation is 1. The highest BCUT2D eigenvalue weighted by Crippen LogP contribution is 2.28. The van der Waals surface area contributed by atoms with Crippen LogP contribution in [0.3, 0.4) is 0 Å². The zero-order valence-electron chi connectivity index (χ0n) is 17.6. The monoisotopic (exact) mass is 414 g/mol. The van der Waals surface area contributed by atoms with Crippen molar-refractivity contribution in [3.8, 4) is 11.5 Å². The molecule has 0 radical (unpaired) electrons. The zero-order chi connectivity index (χ0) is 21.2. The van der Waals surface area contributed by atoms with E-state index < -0.39 is 0 Å². The maximum absolute atomic E-state index is 12.9. The second-order valence-electron chi connectivity index (χ2n) is 8.17. The lowest BCUT2D eigenvalue weighted by Gasteiger charge is -2.32. The van der Waals surface area contributed by atoms with Crippen molar-refractivity contribution in [3.05, 3.63) is 71.0 Å². The van der Waals surface area contributed by atoms with Gasteiger partial charge in [0.05, 0.1) is 6.04 Å². The van der Waals surface area contributed by atoms with E-state index in [-0.39, 0.29) is 11.9 Å². The van der Waals surface area contributed by atoms with Crippen LogP contribution >= 0.6 is 0 Å². The number of carbonyl (C=O) groups excluding carboxylic acids is 1. The van der Waals surface area contributed by atoms with E-state index in [1.165, 1.54) is 11.1 Å². The van der Waals surface area contributed by atoms with Crippen molar-refractivity contribution in [1.29, 1.82) is 0 Å². The van der Waals surface area contributed by atoms with Crippen LogP contribution in [-0.2, 0) is 30.6 Å². The van der Waals surface area contributed by atoms with Gasteiger partial charge in [-0.25, -0.2) is 9.97 Å². The molecule has 7 heteroatoms. The third kappa shape index (κ3) is 4.01. The summed E-state index contributed by atoms with van der Waals surface area (Å²) in [5.41, 5.74) is 11.5. The van der Waals surface area contributed by atoms with Crippen molar-refractivity contribution < 1.29 is 4.79 Å². The third-order valence-electron chi connectivity index (χ3n) is 6.22. The molecule has 2 N–H and O–H groups in total. The molecule has 0 saturated carbocycles. The van der Waals surface area contributed by atoms with Crippen molar-refractivity contribution in [2.45, 2.75) is 45.2 Å². The summed E-state index contributed by atoms with van der Waals surface area (Å²) in [5, 5.41) is 0. The molecule has 0 fully saturated rings. The number of hydrazine groups is 1. The molecule has 0 saturated heterocycles. The molecule has 3 aromatic rings. The standard InChI is InChI=1S/C24H26N6O/c1-16(30-14-12-17-7-2-3-8-18(17)15-30)24(31)29-28-22-19-9-6-11-20(19)26-23(27-22)21-10-4-5-13-25-21/h2-5,7-8,10,13,16H,6,9,11-12,14-15H2,1H3,(H,29,31)(H,26,27,28). The van der Waals surface area contributed by atoms with Gasteiger partial charge in [0.15, 0.2) is 11.6 Å². The molecular weight excluding hydrogens is 388 g/mol. The Labute approximate surface area is 181 Å². The van der Waals surface area contributed by atoms with Gasteiger partial charge in [-0.05, 0) is 55.9 Å². The quantitative estimate of drug-likeness (QED) is 0.625. The van der Waals surface area contributed by atoms with Crippen LogP contribution in [0.25, 0.3) is 11.5 Å². The topological polar surface area (TPSA) is 83.0 Å². The summed E-state index contributed by atoms with van der Waals surface area (Å²) in [7, 11) is 0. The summed E-state index contributed by atoms with van der Waals surface area (Å²) in [4.78, 5) is 28.9. The van der Waals surface area contributed by atoms with E-state index >= 15 is 0 Å². The predicted molar refractivity (Wildman–Crippen MR) is 119 cm³/mol. The van der Waals surface area contributed by atoms with Crippen LogP contribution in [0.1, 0.15) is 35.7 Å². The van der Waals surface area contributed by atoms with Crippen LogP contribution < -0.4 is 10.9 Å². The molecule has 2 aromatic heterocycles. The van der Waals surface area contributed by atoms with Crippen molar-refractivity contribution >= 4 is 11.7 Å². The van der Waals surface area contributed by atoms with Crippen LogP contribution in [0, 0.1) is 0 Å². The molecule has 1 atom stereocenters. The van der Waals surface area contributed by atoms with E-state index in [0.717, 1.165) is 55.7 Å². The molecule has 7 nitrogen and oxygen atoms in total. The van der Waals surface area contributed by atoms with E-state index in [1.807, 2.05) is 25.1 Å². The molecule has 1 amide bonds. The number of rotatable bonds is 5.